The van der Waals surface area contributed by atoms with Crippen LogP contribution < -0.4 is 0 Å². The number of hydrogen-bond donors (Lipinski definition) is 0. The van der Waals surface area contributed by atoms with Crippen molar-refractivity contribution in [2.75, 3.05) is 7.11 Å². The molecule has 0 saturated heterocycles. The monoisotopic (exact) mass is 469 g/mol. The summed E-state index contributed by atoms with van der Waals surface area (Å²) in [6.07, 6.45) is 0.191. The van der Waals surface area contributed by atoms with Gasteiger partial charge in [-0.2, -0.15) is 0 Å². The molecule has 0 radical (unpaired) electrons. The number of rotatable bonds is 6. The molecule has 0 spiro atoms. The van der Waals surface area contributed by atoms with Gasteiger partial charge in [0.15, 0.2) is 0 Å². The smallest absolute Gasteiger partial charge is 0.325 e. The van der Waals surface area contributed by atoms with Crippen LogP contribution in [0.15, 0.2) is 76.5 Å². The molecule has 0 unspecified atom stereocenters. The van der Waals surface area contributed by atoms with E-state index >= 15 is 0 Å². The number of esters is 1. The van der Waals surface area contributed by atoms with Gasteiger partial charge in [-0.05, 0) is 66.6 Å². The third-order valence-electron chi connectivity index (χ3n) is 5.68. The minimum Gasteiger partial charge on any atom is -0.468 e. The van der Waals surface area contributed by atoms with Gasteiger partial charge >= 0.3 is 5.97 Å². The molecular weight excluding hydrogens is 448 g/mol. The summed E-state index contributed by atoms with van der Waals surface area (Å²) >= 11 is 0. The lowest BCUT2D eigenvalue weighted by molar-refractivity contribution is -0.141. The van der Waals surface area contributed by atoms with Crippen molar-refractivity contribution < 1.29 is 26.7 Å². The third kappa shape index (κ3) is 4.26. The number of ether oxygens (including phenoxy) is 1. The van der Waals surface area contributed by atoms with Crippen molar-refractivity contribution in [3.63, 3.8) is 0 Å². The van der Waals surface area contributed by atoms with Crippen molar-refractivity contribution in [1.29, 1.82) is 0 Å². The Kier molecular flexibility index (Phi) is 6.03. The highest BCUT2D eigenvalue weighted by Crippen LogP contribution is 2.32. The molecule has 0 N–H and O–H groups in total. The van der Waals surface area contributed by atoms with Crippen molar-refractivity contribution in [3.8, 4) is 0 Å². The first kappa shape index (κ1) is 22.7. The van der Waals surface area contributed by atoms with Gasteiger partial charge in [0.25, 0.3) is 0 Å². The van der Waals surface area contributed by atoms with E-state index in [0.29, 0.717) is 27.7 Å². The molecule has 0 aliphatic heterocycles. The summed E-state index contributed by atoms with van der Waals surface area (Å²) in [5.41, 5.74) is 2.56. The summed E-state index contributed by atoms with van der Waals surface area (Å²) < 4.78 is 60.6. The van der Waals surface area contributed by atoms with Crippen LogP contribution in [0.25, 0.3) is 10.9 Å². The van der Waals surface area contributed by atoms with Crippen molar-refractivity contribution in [1.82, 2.24) is 4.57 Å². The number of sulfone groups is 1. The molecule has 170 valence electrons. The first-order valence-electron chi connectivity index (χ1n) is 10.1. The zero-order valence-corrected chi connectivity index (χ0v) is 18.8. The SMILES string of the molecule is COC(=O)Cn1c(C)c(Cc2ccccc2S(=O)(=O)c2ccc(F)cc2)c2cc(F)ccc21. The van der Waals surface area contributed by atoms with E-state index in [1.807, 2.05) is 0 Å². The molecule has 0 fully saturated rings. The minimum absolute atomic E-state index is 0.0211. The number of halogens is 2. The Bertz CT molecular complexity index is 1460. The summed E-state index contributed by atoms with van der Waals surface area (Å²) in [6, 6.07) is 15.5. The van der Waals surface area contributed by atoms with E-state index in [0.717, 1.165) is 12.1 Å². The second kappa shape index (κ2) is 8.78. The van der Waals surface area contributed by atoms with Crippen LogP contribution in [-0.2, 0) is 32.3 Å². The highest BCUT2D eigenvalue weighted by atomic mass is 32.2. The lowest BCUT2D eigenvalue weighted by atomic mass is 10.0. The number of fused-ring (bicyclic) bond motifs is 1. The van der Waals surface area contributed by atoms with Gasteiger partial charge in [-0.25, -0.2) is 17.2 Å². The van der Waals surface area contributed by atoms with Crippen LogP contribution >= 0.6 is 0 Å². The molecule has 1 heterocycles. The highest BCUT2D eigenvalue weighted by Gasteiger charge is 2.23. The molecule has 0 atom stereocenters. The van der Waals surface area contributed by atoms with Crippen molar-refractivity contribution in [3.05, 3.63) is 95.2 Å². The fraction of sp³-hybridized carbons (Fsp3) is 0.160. The van der Waals surface area contributed by atoms with Crippen LogP contribution in [-0.4, -0.2) is 26.1 Å². The van der Waals surface area contributed by atoms with E-state index in [1.165, 1.54) is 37.4 Å². The molecule has 4 rings (SSSR count). The van der Waals surface area contributed by atoms with E-state index in [1.54, 1.807) is 35.8 Å². The molecule has 4 aromatic rings. The zero-order valence-electron chi connectivity index (χ0n) is 18.0. The zero-order chi connectivity index (χ0) is 23.8. The van der Waals surface area contributed by atoms with Crippen LogP contribution in [0, 0.1) is 18.6 Å². The van der Waals surface area contributed by atoms with E-state index < -0.39 is 27.4 Å². The fourth-order valence-electron chi connectivity index (χ4n) is 3.99. The minimum atomic E-state index is -3.92. The van der Waals surface area contributed by atoms with Crippen molar-refractivity contribution >= 4 is 26.7 Å². The maximum atomic E-state index is 14.1. The van der Waals surface area contributed by atoms with Crippen LogP contribution in [0.5, 0.6) is 0 Å². The Morgan fingerprint density at radius 2 is 1.64 bits per heavy atom. The van der Waals surface area contributed by atoms with Gasteiger partial charge in [0.05, 0.1) is 16.9 Å². The first-order valence-corrected chi connectivity index (χ1v) is 11.6. The average molecular weight is 470 g/mol. The number of carbonyl (C=O) groups excluding carboxylic acids is 1. The number of hydrogen-bond acceptors (Lipinski definition) is 4. The molecule has 3 aromatic carbocycles. The molecule has 33 heavy (non-hydrogen) atoms. The molecule has 0 bridgehead atoms. The number of nitrogens with zero attached hydrogens (tertiary/aromatic N) is 1. The lowest BCUT2D eigenvalue weighted by Gasteiger charge is -2.12. The predicted molar refractivity (Wildman–Crippen MR) is 120 cm³/mol. The quantitative estimate of drug-likeness (QED) is 0.300. The van der Waals surface area contributed by atoms with Crippen LogP contribution in [0.3, 0.4) is 0 Å². The molecule has 1 aromatic heterocycles. The Morgan fingerprint density at radius 1 is 0.970 bits per heavy atom. The summed E-state index contributed by atoms with van der Waals surface area (Å²) in [5, 5.41) is 0.588. The molecule has 8 heteroatoms. The molecule has 5 nitrogen and oxygen atoms in total. The van der Waals surface area contributed by atoms with Crippen LogP contribution in [0.4, 0.5) is 8.78 Å². The summed E-state index contributed by atoms with van der Waals surface area (Å²) in [6.45, 7) is 1.74. The molecular formula is C25H21F2NO4S. The Morgan fingerprint density at radius 3 is 2.33 bits per heavy atom. The molecule has 0 saturated carbocycles. The highest BCUT2D eigenvalue weighted by molar-refractivity contribution is 7.91. The Balaban J connectivity index is 1.85. The number of carbonyl (C=O) groups is 1. The van der Waals surface area contributed by atoms with Crippen molar-refractivity contribution in [2.45, 2.75) is 29.7 Å². The Labute approximate surface area is 190 Å². The van der Waals surface area contributed by atoms with Gasteiger partial charge in [0, 0.05) is 23.0 Å². The van der Waals surface area contributed by atoms with Gasteiger partial charge in [-0.3, -0.25) is 4.79 Å². The second-order valence-electron chi connectivity index (χ2n) is 7.63. The largest absolute Gasteiger partial charge is 0.468 e. The normalized spacial score (nSPS) is 11.6. The standard InChI is InChI=1S/C25H21F2NO4S/c1-16-21(22-14-19(27)9-12-23(22)28(16)15-25(29)32-2)13-17-5-3-4-6-24(17)33(30,31)20-10-7-18(26)8-11-20/h3-12,14H,13,15H2,1-2H3. The Hall–Kier alpha value is -3.52. The second-order valence-corrected chi connectivity index (χ2v) is 9.55. The fourth-order valence-corrected chi connectivity index (χ4v) is 5.48. The predicted octanol–water partition coefficient (Wildman–Crippen LogP) is 4.82. The molecule has 0 aliphatic carbocycles. The molecule has 0 aliphatic rings. The van der Waals surface area contributed by atoms with E-state index in [2.05, 4.69) is 0 Å². The lowest BCUT2D eigenvalue weighted by Crippen LogP contribution is -2.13. The number of methoxy groups -OCH3 is 1. The number of aromatic nitrogens is 1. The topological polar surface area (TPSA) is 65.4 Å². The number of benzene rings is 3. The van der Waals surface area contributed by atoms with Crippen LogP contribution in [0.2, 0.25) is 0 Å². The van der Waals surface area contributed by atoms with E-state index in [-0.39, 0.29) is 22.8 Å². The molecule has 0 amide bonds. The van der Waals surface area contributed by atoms with Gasteiger partial charge in [0.2, 0.25) is 9.84 Å². The maximum absolute atomic E-state index is 14.1. The van der Waals surface area contributed by atoms with Gasteiger partial charge < -0.3 is 9.30 Å². The van der Waals surface area contributed by atoms with Gasteiger partial charge in [-0.15, -0.1) is 0 Å². The van der Waals surface area contributed by atoms with Gasteiger partial charge in [-0.1, -0.05) is 18.2 Å². The third-order valence-corrected chi connectivity index (χ3v) is 7.55. The van der Waals surface area contributed by atoms with Gasteiger partial charge in [0.1, 0.15) is 18.2 Å². The van der Waals surface area contributed by atoms with E-state index in [4.69, 9.17) is 4.74 Å². The summed E-state index contributed by atoms with van der Waals surface area (Å²) in [4.78, 5) is 12.0. The maximum Gasteiger partial charge on any atom is 0.325 e. The summed E-state index contributed by atoms with van der Waals surface area (Å²) in [7, 11) is -2.63. The summed E-state index contributed by atoms with van der Waals surface area (Å²) in [5.74, 6) is -1.42. The van der Waals surface area contributed by atoms with Crippen molar-refractivity contribution in [2.24, 2.45) is 0 Å². The first-order chi connectivity index (χ1) is 15.7. The van der Waals surface area contributed by atoms with Crippen LogP contribution in [0.1, 0.15) is 16.8 Å². The van der Waals surface area contributed by atoms with E-state index in [9.17, 15) is 22.0 Å². The average Bonchev–Trinajstić information content (AvgIpc) is 3.04.